The number of rotatable bonds is 29. The Balaban J connectivity index is 0.976. The van der Waals surface area contributed by atoms with Crippen molar-refractivity contribution in [2.75, 3.05) is 6.54 Å². The average Bonchev–Trinajstić information content (AvgIpc) is 4.55. The van der Waals surface area contributed by atoms with Crippen LogP contribution in [0.5, 0.6) is 0 Å². The Labute approximate surface area is 480 Å². The van der Waals surface area contributed by atoms with Crippen LogP contribution in [0.4, 0.5) is 0 Å². The van der Waals surface area contributed by atoms with Gasteiger partial charge in [-0.05, 0) is 61.8 Å². The van der Waals surface area contributed by atoms with Crippen LogP contribution in [0.3, 0.4) is 0 Å². The summed E-state index contributed by atoms with van der Waals surface area (Å²) in [5.74, 6) is -6.53. The molecular formula is C59H74N14O10. The molecule has 24 nitrogen and oxygen atoms in total. The Morgan fingerprint density at radius 3 is 1.78 bits per heavy atom. The number of H-pyrrole nitrogens is 3. The molecule has 1 fully saturated rings. The molecule has 440 valence electrons. The van der Waals surface area contributed by atoms with Gasteiger partial charge in [0, 0.05) is 79.5 Å². The van der Waals surface area contributed by atoms with Crippen molar-refractivity contribution in [1.29, 1.82) is 0 Å². The third-order valence-corrected chi connectivity index (χ3v) is 14.6. The number of fused-ring (bicyclic) bond motifs is 1. The molecule has 9 atom stereocenters. The van der Waals surface area contributed by atoms with Crippen molar-refractivity contribution in [2.24, 2.45) is 11.7 Å². The molecule has 4 heterocycles. The first kappa shape index (κ1) is 61.4. The lowest BCUT2D eigenvalue weighted by Crippen LogP contribution is -2.60. The fourth-order valence-corrected chi connectivity index (χ4v) is 9.99. The molecular weight excluding hydrogens is 1060 g/mol. The average molecular weight is 1140 g/mol. The van der Waals surface area contributed by atoms with Crippen LogP contribution in [0, 0.1) is 5.92 Å². The second kappa shape index (κ2) is 29.5. The summed E-state index contributed by atoms with van der Waals surface area (Å²) in [4.78, 5) is 142. The van der Waals surface area contributed by atoms with Crippen molar-refractivity contribution >= 4 is 64.1 Å². The molecule has 1 aliphatic heterocycles. The van der Waals surface area contributed by atoms with Gasteiger partial charge in [-0.2, -0.15) is 0 Å². The van der Waals surface area contributed by atoms with Gasteiger partial charge in [0.15, 0.2) is 0 Å². The van der Waals surface area contributed by atoms with Crippen LogP contribution in [-0.2, 0) is 75.3 Å². The number of nitrogens with two attached hydrogens (primary N) is 1. The number of carbonyl (C=O) groups excluding carboxylic acids is 9. The number of benzene rings is 3. The first-order chi connectivity index (χ1) is 39.8. The zero-order valence-corrected chi connectivity index (χ0v) is 46.9. The summed E-state index contributed by atoms with van der Waals surface area (Å²) in [6.07, 6.45) is 7.27. The quantitative estimate of drug-likeness (QED) is 0.0311. The molecule has 7 rings (SSSR count). The van der Waals surface area contributed by atoms with Crippen LogP contribution in [0.1, 0.15) is 81.5 Å². The lowest BCUT2D eigenvalue weighted by atomic mass is 10.0. The van der Waals surface area contributed by atoms with E-state index in [2.05, 4.69) is 62.1 Å². The number of nitrogens with one attached hydrogen (secondary N) is 10. The van der Waals surface area contributed by atoms with Gasteiger partial charge in [0.1, 0.15) is 42.3 Å². The van der Waals surface area contributed by atoms with E-state index >= 15 is 0 Å². The third kappa shape index (κ3) is 17.7. The summed E-state index contributed by atoms with van der Waals surface area (Å²) < 4.78 is 0. The number of aliphatic hydroxyl groups excluding tert-OH is 1. The van der Waals surface area contributed by atoms with Crippen LogP contribution >= 0.6 is 0 Å². The molecule has 3 aromatic heterocycles. The summed E-state index contributed by atoms with van der Waals surface area (Å²) in [6, 6.07) is 16.6. The predicted molar refractivity (Wildman–Crippen MR) is 306 cm³/mol. The highest BCUT2D eigenvalue weighted by Crippen LogP contribution is 2.24. The number of aromatic amines is 3. The van der Waals surface area contributed by atoms with Gasteiger partial charge < -0.3 is 67.9 Å². The first-order valence-corrected chi connectivity index (χ1v) is 27.8. The second-order valence-electron chi connectivity index (χ2n) is 21.3. The van der Waals surface area contributed by atoms with Gasteiger partial charge in [-0.3, -0.25) is 43.2 Å². The van der Waals surface area contributed by atoms with E-state index in [1.165, 1.54) is 43.8 Å². The maximum Gasteiger partial charge on any atom is 0.245 e. The molecule has 1 aliphatic rings. The van der Waals surface area contributed by atoms with E-state index in [9.17, 15) is 48.3 Å². The van der Waals surface area contributed by atoms with E-state index in [4.69, 9.17) is 5.73 Å². The summed E-state index contributed by atoms with van der Waals surface area (Å²) in [5, 5.41) is 31.2. The van der Waals surface area contributed by atoms with Crippen molar-refractivity contribution in [1.82, 2.24) is 67.0 Å². The number of amides is 9. The smallest absolute Gasteiger partial charge is 0.245 e. The zero-order chi connectivity index (χ0) is 59.6. The summed E-state index contributed by atoms with van der Waals surface area (Å²) >= 11 is 0. The van der Waals surface area contributed by atoms with E-state index < -0.39 is 114 Å². The number of carbonyl (C=O) groups is 9. The molecule has 0 spiro atoms. The fourth-order valence-electron chi connectivity index (χ4n) is 9.99. The Hall–Kier alpha value is -9.19. The monoisotopic (exact) mass is 1140 g/mol. The minimum absolute atomic E-state index is 0.0186. The van der Waals surface area contributed by atoms with Gasteiger partial charge in [-0.1, -0.05) is 92.7 Å². The Bertz CT molecular complexity index is 3150. The molecule has 0 radical (unpaired) electrons. The highest BCUT2D eigenvalue weighted by molar-refractivity contribution is 5.98. The maximum atomic E-state index is 14.4. The first-order valence-electron chi connectivity index (χ1n) is 27.8. The number of imidazole rings is 2. The van der Waals surface area contributed by atoms with Gasteiger partial charge in [-0.25, -0.2) is 9.97 Å². The molecule has 0 saturated carbocycles. The fraction of sp³-hybridized carbons (Fsp3) is 0.407. The molecule has 13 N–H and O–H groups in total. The van der Waals surface area contributed by atoms with Crippen LogP contribution < -0.4 is 43.0 Å². The number of aromatic nitrogens is 5. The molecule has 1 unspecified atom stereocenters. The normalized spacial score (nSPS) is 16.0. The van der Waals surface area contributed by atoms with Crippen molar-refractivity contribution < 1.29 is 48.3 Å². The molecule has 3 aromatic carbocycles. The second-order valence-corrected chi connectivity index (χ2v) is 21.3. The minimum Gasteiger partial charge on any atom is -0.390 e. The minimum atomic E-state index is -1.34. The Morgan fingerprint density at radius 1 is 0.602 bits per heavy atom. The van der Waals surface area contributed by atoms with Gasteiger partial charge in [0.05, 0.1) is 31.2 Å². The number of hydrogen-bond donors (Lipinski definition) is 12. The molecule has 0 bridgehead atoms. The molecule has 83 heavy (non-hydrogen) atoms. The SMILES string of the molecule is CC(C)[C@H](NC(=O)[C@H](C)NC(=O)[C@H](Cc1c[nH]c2ccccc12)NC(=O)[C@H](Cc1cnc[nH]1)NC(=O)CCc1ccccc1)C(=O)N[C@H](C)C(=O)N[C@@H](Cc1cnc[nH]1)C(=O)N1CCC[C@@H]1C(O)CC(=O)N[C@@H](Cc1ccccc1)C(N)=O. The zero-order valence-electron chi connectivity index (χ0n) is 46.9. The molecule has 0 aliphatic carbocycles. The van der Waals surface area contributed by atoms with Crippen LogP contribution in [0.15, 0.2) is 116 Å². The number of para-hydroxylation sites is 1. The molecule has 1 saturated heterocycles. The van der Waals surface area contributed by atoms with E-state index in [0.29, 0.717) is 36.2 Å². The lowest BCUT2D eigenvalue weighted by Gasteiger charge is -2.32. The van der Waals surface area contributed by atoms with Gasteiger partial charge >= 0.3 is 0 Å². The van der Waals surface area contributed by atoms with E-state index in [-0.39, 0.29) is 44.6 Å². The van der Waals surface area contributed by atoms with Crippen molar-refractivity contribution in [3.05, 3.63) is 144 Å². The summed E-state index contributed by atoms with van der Waals surface area (Å²) in [5.41, 5.74) is 9.85. The van der Waals surface area contributed by atoms with Gasteiger partial charge in [-0.15, -0.1) is 0 Å². The van der Waals surface area contributed by atoms with E-state index in [1.807, 2.05) is 60.7 Å². The number of nitrogens with zero attached hydrogens (tertiary/aromatic N) is 3. The van der Waals surface area contributed by atoms with E-state index in [1.54, 1.807) is 44.3 Å². The number of aliphatic hydroxyl groups is 1. The van der Waals surface area contributed by atoms with Gasteiger partial charge in [0.2, 0.25) is 53.2 Å². The van der Waals surface area contributed by atoms with Crippen LogP contribution in [0.25, 0.3) is 10.9 Å². The third-order valence-electron chi connectivity index (χ3n) is 14.6. The largest absolute Gasteiger partial charge is 0.390 e. The van der Waals surface area contributed by atoms with Crippen LogP contribution in [-0.4, -0.2) is 149 Å². The highest BCUT2D eigenvalue weighted by atomic mass is 16.3. The highest BCUT2D eigenvalue weighted by Gasteiger charge is 2.40. The van der Waals surface area contributed by atoms with E-state index in [0.717, 1.165) is 22.0 Å². The van der Waals surface area contributed by atoms with Crippen molar-refractivity contribution in [3.63, 3.8) is 0 Å². The lowest BCUT2D eigenvalue weighted by molar-refractivity contribution is -0.140. The van der Waals surface area contributed by atoms with Crippen molar-refractivity contribution in [2.45, 2.75) is 140 Å². The summed E-state index contributed by atoms with van der Waals surface area (Å²) in [6.45, 7) is 6.38. The van der Waals surface area contributed by atoms with Gasteiger partial charge in [0.25, 0.3) is 0 Å². The predicted octanol–water partition coefficient (Wildman–Crippen LogP) is 0.834. The topological polar surface area (TPSA) is 360 Å². The molecule has 9 amide bonds. The Kier molecular flexibility index (Phi) is 21.8. The number of aryl methyl sites for hydroxylation is 1. The molecule has 24 heteroatoms. The van der Waals surface area contributed by atoms with Crippen molar-refractivity contribution in [3.8, 4) is 0 Å². The number of likely N-dealkylation sites (tertiary alicyclic amines) is 1. The van der Waals surface area contributed by atoms with Crippen LogP contribution in [0.2, 0.25) is 0 Å². The Morgan fingerprint density at radius 2 is 1.16 bits per heavy atom. The standard InChI is InChI=1S/C59H74N14O10/c1-34(2)52(58(82)67-35(3)54(78)71-47(27-41-31-62-33-65-41)59(83)73-23-13-20-48(73)49(74)28-51(76)68-44(53(60)77)24-38-16-9-6-10-17-38)72-55(79)36(4)66-56(80)45(25-39-29-63-43-19-12-11-18-42(39)43)70-57(81)46(26-40-30-61-32-64-40)69-50(75)22-21-37-14-7-5-8-15-37/h5-12,14-19,29-36,44-49,52,63,74H,13,20-28H2,1-4H3,(H2,60,77)(H,61,64)(H,62,65)(H,66,80)(H,67,82)(H,68,76)(H,69,75)(H,70,81)(H,71,78)(H,72,79)/t35-,36+,44+,45+,46+,47+,48-,49?,52+/m1/s1. The summed E-state index contributed by atoms with van der Waals surface area (Å²) in [7, 11) is 0. The number of hydrogen-bond acceptors (Lipinski definition) is 12. The molecule has 6 aromatic rings. The number of primary amides is 1. The maximum absolute atomic E-state index is 14.4.